The van der Waals surface area contributed by atoms with E-state index in [-0.39, 0.29) is 26.2 Å². The molecule has 0 amide bonds. The molecular formula is C12H28N4O8Zr. The number of carboxylic acids is 4. The summed E-state index contributed by atoms with van der Waals surface area (Å²) in [6.45, 7) is 5.68. The van der Waals surface area contributed by atoms with Crippen molar-refractivity contribution >= 4 is 23.9 Å². The molecule has 0 saturated carbocycles. The Morgan fingerprint density at radius 2 is 0.560 bits per heavy atom. The van der Waals surface area contributed by atoms with Gasteiger partial charge in [0.1, 0.15) is 24.2 Å². The molecular weight excluding hydrogens is 419 g/mol. The molecule has 25 heavy (non-hydrogen) atoms. The van der Waals surface area contributed by atoms with Crippen LogP contribution < -0.4 is 22.9 Å². The molecule has 0 aromatic heterocycles. The molecule has 0 saturated heterocycles. The van der Waals surface area contributed by atoms with E-state index < -0.39 is 48.0 Å². The quantitative estimate of drug-likeness (QED) is 0.226. The van der Waals surface area contributed by atoms with Crippen LogP contribution in [0.3, 0.4) is 0 Å². The predicted octanol–water partition coefficient (Wildman–Crippen LogP) is -2.33. The Kier molecular flexibility index (Phi) is 28.8. The number of carbonyl (C=O) groups is 4. The third-order valence-corrected chi connectivity index (χ3v) is 1.56. The normalized spacial score (nSPS) is 13.1. The van der Waals surface area contributed by atoms with Gasteiger partial charge in [0, 0.05) is 26.2 Å². The number of carboxylic acid groups (broad SMARTS) is 4. The summed E-state index contributed by atoms with van der Waals surface area (Å²) in [6, 6.07) is -2.93. The molecule has 0 rings (SSSR count). The van der Waals surface area contributed by atoms with Gasteiger partial charge in [-0.15, -0.1) is 0 Å². The third-order valence-electron chi connectivity index (χ3n) is 1.56. The fraction of sp³-hybridized carbons (Fsp3) is 0.667. The van der Waals surface area contributed by atoms with Crippen LogP contribution in [-0.2, 0) is 45.4 Å². The first-order valence-corrected chi connectivity index (χ1v) is 6.51. The predicted molar refractivity (Wildman–Crippen MR) is 85.1 cm³/mol. The van der Waals surface area contributed by atoms with E-state index in [0.717, 1.165) is 0 Å². The average molecular weight is 448 g/mol. The zero-order chi connectivity index (χ0) is 20.6. The van der Waals surface area contributed by atoms with Crippen LogP contribution in [0.5, 0.6) is 0 Å². The minimum Gasteiger partial charge on any atom is -0.480 e. The molecule has 4 unspecified atom stereocenters. The molecule has 0 aliphatic carbocycles. The SMILES string of the molecule is CC(N)C(=O)O.CC(N)C(=O)O.CC(N)C(=O)O.CC(N)C(=O)O.[Zr]. The average Bonchev–Trinajstić information content (AvgIpc) is 2.40. The maximum absolute atomic E-state index is 9.57. The van der Waals surface area contributed by atoms with Gasteiger partial charge < -0.3 is 43.4 Å². The van der Waals surface area contributed by atoms with Gasteiger partial charge in [-0.2, -0.15) is 0 Å². The van der Waals surface area contributed by atoms with Crippen molar-refractivity contribution in [2.75, 3.05) is 0 Å². The Labute approximate surface area is 164 Å². The van der Waals surface area contributed by atoms with Crippen molar-refractivity contribution in [1.82, 2.24) is 0 Å². The van der Waals surface area contributed by atoms with Gasteiger partial charge in [-0.05, 0) is 27.7 Å². The Balaban J connectivity index is -0.0000000702. The van der Waals surface area contributed by atoms with Gasteiger partial charge in [0.2, 0.25) is 0 Å². The number of aliphatic carboxylic acids is 4. The van der Waals surface area contributed by atoms with Crippen molar-refractivity contribution in [2.24, 2.45) is 22.9 Å². The number of hydrogen-bond donors (Lipinski definition) is 8. The third kappa shape index (κ3) is 45.0. The van der Waals surface area contributed by atoms with Crippen LogP contribution in [0.25, 0.3) is 0 Å². The first-order chi connectivity index (χ1) is 10.6. The Bertz CT molecular complexity index is 317. The van der Waals surface area contributed by atoms with Gasteiger partial charge in [-0.1, -0.05) is 0 Å². The molecule has 0 bridgehead atoms. The minimum absolute atomic E-state index is 0. The van der Waals surface area contributed by atoms with Gasteiger partial charge in [-0.3, -0.25) is 19.2 Å². The van der Waals surface area contributed by atoms with Crippen LogP contribution in [0.2, 0.25) is 0 Å². The largest absolute Gasteiger partial charge is 0.480 e. The summed E-state index contributed by atoms with van der Waals surface area (Å²) < 4.78 is 0. The smallest absolute Gasteiger partial charge is 0.320 e. The molecule has 4 atom stereocenters. The molecule has 13 heteroatoms. The van der Waals surface area contributed by atoms with Crippen molar-refractivity contribution in [3.8, 4) is 0 Å². The van der Waals surface area contributed by atoms with Crippen molar-refractivity contribution in [1.29, 1.82) is 0 Å². The van der Waals surface area contributed by atoms with E-state index in [9.17, 15) is 19.2 Å². The van der Waals surface area contributed by atoms with Crippen molar-refractivity contribution in [2.45, 2.75) is 51.9 Å². The second-order valence-electron chi connectivity index (χ2n) is 4.51. The standard InChI is InChI=1S/4C3H7NO2.Zr/c4*1-2(4)3(5)6;/h4*2H,4H2,1H3,(H,5,6);. The Morgan fingerprint density at radius 1 is 0.520 bits per heavy atom. The molecule has 12 N–H and O–H groups in total. The maximum atomic E-state index is 9.57. The number of nitrogens with two attached hydrogens (primary N) is 4. The molecule has 0 aliphatic rings. The van der Waals surface area contributed by atoms with Crippen LogP contribution in [0.1, 0.15) is 27.7 Å². The van der Waals surface area contributed by atoms with Gasteiger partial charge in [0.25, 0.3) is 0 Å². The van der Waals surface area contributed by atoms with Crippen molar-refractivity contribution in [3.05, 3.63) is 0 Å². The minimum atomic E-state index is -0.963. The summed E-state index contributed by atoms with van der Waals surface area (Å²) in [5, 5.41) is 31.5. The first kappa shape index (κ1) is 34.8. The van der Waals surface area contributed by atoms with E-state index in [4.69, 9.17) is 43.4 Å². The fourth-order valence-corrected chi connectivity index (χ4v) is 0. The van der Waals surface area contributed by atoms with Crippen LogP contribution >= 0.6 is 0 Å². The van der Waals surface area contributed by atoms with E-state index in [1.54, 1.807) is 0 Å². The Morgan fingerprint density at radius 3 is 0.560 bits per heavy atom. The van der Waals surface area contributed by atoms with E-state index in [2.05, 4.69) is 0 Å². The first-order valence-electron chi connectivity index (χ1n) is 6.51. The molecule has 148 valence electrons. The molecule has 0 radical (unpaired) electrons. The molecule has 0 fully saturated rings. The number of rotatable bonds is 4. The van der Waals surface area contributed by atoms with Gasteiger partial charge in [-0.25, -0.2) is 0 Å². The van der Waals surface area contributed by atoms with Crippen LogP contribution in [0.4, 0.5) is 0 Å². The molecule has 0 aromatic rings. The fourth-order valence-electron chi connectivity index (χ4n) is 0. The van der Waals surface area contributed by atoms with E-state index in [0.29, 0.717) is 0 Å². The van der Waals surface area contributed by atoms with Crippen molar-refractivity contribution < 1.29 is 65.8 Å². The molecule has 0 aliphatic heterocycles. The second-order valence-corrected chi connectivity index (χ2v) is 4.51. The van der Waals surface area contributed by atoms with Gasteiger partial charge >= 0.3 is 23.9 Å². The topological polar surface area (TPSA) is 253 Å². The zero-order valence-electron chi connectivity index (χ0n) is 14.5. The van der Waals surface area contributed by atoms with E-state index in [1.165, 1.54) is 27.7 Å². The zero-order valence-corrected chi connectivity index (χ0v) is 17.0. The van der Waals surface area contributed by atoms with Crippen LogP contribution in [0, 0.1) is 0 Å². The second kappa shape index (κ2) is 20.6. The number of hydrogen-bond acceptors (Lipinski definition) is 8. The summed E-state index contributed by atoms with van der Waals surface area (Å²) in [5.41, 5.74) is 19.3. The van der Waals surface area contributed by atoms with Crippen LogP contribution in [0.15, 0.2) is 0 Å². The Hall–Kier alpha value is -1.40. The molecule has 0 spiro atoms. The summed E-state index contributed by atoms with van der Waals surface area (Å²) in [6.07, 6.45) is 0. The van der Waals surface area contributed by atoms with Gasteiger partial charge in [0.15, 0.2) is 0 Å². The molecule has 12 nitrogen and oxygen atoms in total. The van der Waals surface area contributed by atoms with Gasteiger partial charge in [0.05, 0.1) is 0 Å². The summed E-state index contributed by atoms with van der Waals surface area (Å²) in [5.74, 6) is -3.85. The monoisotopic (exact) mass is 446 g/mol. The molecule has 0 heterocycles. The van der Waals surface area contributed by atoms with Crippen LogP contribution in [-0.4, -0.2) is 68.5 Å². The van der Waals surface area contributed by atoms with E-state index in [1.807, 2.05) is 0 Å². The van der Waals surface area contributed by atoms with Crippen molar-refractivity contribution in [3.63, 3.8) is 0 Å². The van der Waals surface area contributed by atoms with E-state index >= 15 is 0 Å². The summed E-state index contributed by atoms with van der Waals surface area (Å²) >= 11 is 0. The summed E-state index contributed by atoms with van der Waals surface area (Å²) in [4.78, 5) is 38.3. The molecule has 0 aromatic carbocycles. The summed E-state index contributed by atoms with van der Waals surface area (Å²) in [7, 11) is 0. The maximum Gasteiger partial charge on any atom is 0.320 e.